The van der Waals surface area contributed by atoms with Gasteiger partial charge in [0.25, 0.3) is 5.91 Å². The molecular formula is C27H33N3O5. The molecule has 2 N–H and O–H groups in total. The number of methoxy groups -OCH3 is 1. The normalized spacial score (nSPS) is 15.1. The number of hydrogen-bond acceptors (Lipinski definition) is 6. The number of H-pyrrole nitrogens is 1. The van der Waals surface area contributed by atoms with Crippen LogP contribution in [0.15, 0.2) is 42.5 Å². The third kappa shape index (κ3) is 4.98. The maximum Gasteiger partial charge on any atom is 0.273 e. The van der Waals surface area contributed by atoms with E-state index in [0.29, 0.717) is 60.7 Å². The number of rotatable bonds is 11. The number of carbonyl (C=O) groups is 1. The first-order valence-electron chi connectivity index (χ1n) is 12.0. The third-order valence-corrected chi connectivity index (χ3v) is 6.10. The predicted molar refractivity (Wildman–Crippen MR) is 133 cm³/mol. The number of para-hydroxylation sites is 1. The fraction of sp³-hybridized carbons (Fsp3) is 0.407. The van der Waals surface area contributed by atoms with Gasteiger partial charge in [0, 0.05) is 24.8 Å². The zero-order valence-electron chi connectivity index (χ0n) is 20.7. The lowest BCUT2D eigenvalue weighted by molar-refractivity contribution is 0.0677. The van der Waals surface area contributed by atoms with Gasteiger partial charge in [-0.05, 0) is 49.1 Å². The van der Waals surface area contributed by atoms with E-state index in [1.54, 1.807) is 30.2 Å². The standard InChI is InChI=1S/C27H33N3O5/c1-5-34-22-16-18(10-11-21(22)35-14-12-17(2)3)26-23-24(19-8-6-7-9-20(19)31)28-29-25(23)27(32)30(26)13-15-33-4/h6-11,16-17,26,31H,5,12-15H2,1-4H3,(H,28,29)/t26-/m0/s1. The highest BCUT2D eigenvalue weighted by Crippen LogP contribution is 2.45. The van der Waals surface area contributed by atoms with Gasteiger partial charge >= 0.3 is 0 Å². The lowest BCUT2D eigenvalue weighted by Gasteiger charge is -2.27. The van der Waals surface area contributed by atoms with E-state index in [2.05, 4.69) is 24.0 Å². The number of nitrogens with one attached hydrogen (secondary N) is 1. The molecule has 0 bridgehead atoms. The number of aromatic nitrogens is 2. The Bertz CT molecular complexity index is 1170. The van der Waals surface area contributed by atoms with Crippen LogP contribution < -0.4 is 9.47 Å². The molecule has 0 fully saturated rings. The van der Waals surface area contributed by atoms with Crippen molar-refractivity contribution >= 4 is 5.91 Å². The number of benzene rings is 2. The molecule has 0 radical (unpaired) electrons. The molecule has 8 heteroatoms. The van der Waals surface area contributed by atoms with Gasteiger partial charge in [-0.15, -0.1) is 0 Å². The van der Waals surface area contributed by atoms with Crippen LogP contribution in [0.1, 0.15) is 54.8 Å². The molecule has 35 heavy (non-hydrogen) atoms. The van der Waals surface area contributed by atoms with E-state index < -0.39 is 6.04 Å². The quantitative estimate of drug-likeness (QED) is 0.410. The maximum atomic E-state index is 13.4. The van der Waals surface area contributed by atoms with Crippen molar-refractivity contribution in [1.29, 1.82) is 0 Å². The molecule has 2 heterocycles. The molecule has 3 aromatic rings. The number of ether oxygens (including phenoxy) is 3. The second-order valence-corrected chi connectivity index (χ2v) is 8.94. The van der Waals surface area contributed by atoms with Crippen LogP contribution in [0.25, 0.3) is 11.3 Å². The van der Waals surface area contributed by atoms with E-state index in [0.717, 1.165) is 17.5 Å². The smallest absolute Gasteiger partial charge is 0.273 e. The Labute approximate surface area is 205 Å². The Morgan fingerprint density at radius 2 is 1.91 bits per heavy atom. The third-order valence-electron chi connectivity index (χ3n) is 6.10. The summed E-state index contributed by atoms with van der Waals surface area (Å²) >= 11 is 0. The number of phenols is 1. The van der Waals surface area contributed by atoms with Crippen LogP contribution in [0.4, 0.5) is 0 Å². The highest BCUT2D eigenvalue weighted by atomic mass is 16.5. The van der Waals surface area contributed by atoms with Crippen molar-refractivity contribution in [2.45, 2.75) is 33.2 Å². The molecule has 1 aliphatic heterocycles. The summed E-state index contributed by atoms with van der Waals surface area (Å²) in [7, 11) is 1.61. The van der Waals surface area contributed by atoms with Crippen molar-refractivity contribution in [3.63, 3.8) is 0 Å². The maximum absolute atomic E-state index is 13.4. The van der Waals surface area contributed by atoms with E-state index in [4.69, 9.17) is 14.2 Å². The fourth-order valence-corrected chi connectivity index (χ4v) is 4.33. The van der Waals surface area contributed by atoms with Crippen molar-refractivity contribution < 1.29 is 24.1 Å². The zero-order valence-corrected chi connectivity index (χ0v) is 20.7. The van der Waals surface area contributed by atoms with Crippen LogP contribution in [-0.4, -0.2) is 59.6 Å². The minimum Gasteiger partial charge on any atom is -0.507 e. The summed E-state index contributed by atoms with van der Waals surface area (Å²) in [5, 5.41) is 17.8. The average molecular weight is 480 g/mol. The summed E-state index contributed by atoms with van der Waals surface area (Å²) in [6, 6.07) is 12.4. The largest absolute Gasteiger partial charge is 0.507 e. The molecule has 186 valence electrons. The van der Waals surface area contributed by atoms with Gasteiger partial charge in [0.05, 0.1) is 25.9 Å². The number of aromatic hydroxyl groups is 1. The summed E-state index contributed by atoms with van der Waals surface area (Å²) in [6.45, 7) is 8.13. The van der Waals surface area contributed by atoms with Crippen molar-refractivity contribution in [3.8, 4) is 28.5 Å². The van der Waals surface area contributed by atoms with Gasteiger partial charge in [-0.3, -0.25) is 9.89 Å². The van der Waals surface area contributed by atoms with E-state index in [1.165, 1.54) is 0 Å². The lowest BCUT2D eigenvalue weighted by atomic mass is 9.95. The van der Waals surface area contributed by atoms with Crippen molar-refractivity contribution in [1.82, 2.24) is 15.1 Å². The molecule has 1 amide bonds. The van der Waals surface area contributed by atoms with Crippen LogP contribution in [0.2, 0.25) is 0 Å². The van der Waals surface area contributed by atoms with Crippen LogP contribution in [0, 0.1) is 5.92 Å². The van der Waals surface area contributed by atoms with Gasteiger partial charge in [-0.2, -0.15) is 5.10 Å². The molecule has 0 unspecified atom stereocenters. The van der Waals surface area contributed by atoms with Crippen LogP contribution in [0.5, 0.6) is 17.2 Å². The summed E-state index contributed by atoms with van der Waals surface area (Å²) < 4.78 is 17.2. The Balaban J connectivity index is 1.78. The fourth-order valence-electron chi connectivity index (χ4n) is 4.33. The Morgan fingerprint density at radius 1 is 1.11 bits per heavy atom. The van der Waals surface area contributed by atoms with Crippen LogP contribution >= 0.6 is 0 Å². The molecule has 8 nitrogen and oxygen atoms in total. The first-order valence-corrected chi connectivity index (χ1v) is 12.0. The summed E-state index contributed by atoms with van der Waals surface area (Å²) in [5.74, 6) is 1.79. The molecule has 0 saturated heterocycles. The van der Waals surface area contributed by atoms with Gasteiger partial charge in [0.2, 0.25) is 0 Å². The molecular weight excluding hydrogens is 446 g/mol. The van der Waals surface area contributed by atoms with E-state index in [-0.39, 0.29) is 11.7 Å². The SMILES string of the molecule is CCOc1cc([C@H]2c3c(-c4ccccc4O)n[nH]c3C(=O)N2CCOC)ccc1OCCC(C)C. The zero-order chi connectivity index (χ0) is 24.9. The Morgan fingerprint density at radius 3 is 2.63 bits per heavy atom. The van der Waals surface area contributed by atoms with Crippen LogP contribution in [-0.2, 0) is 4.74 Å². The van der Waals surface area contributed by atoms with E-state index in [1.807, 2.05) is 31.2 Å². The predicted octanol–water partition coefficient (Wildman–Crippen LogP) is 4.80. The van der Waals surface area contributed by atoms with Crippen molar-refractivity contribution in [2.75, 3.05) is 33.5 Å². The van der Waals surface area contributed by atoms with Crippen molar-refractivity contribution in [2.24, 2.45) is 5.92 Å². The lowest BCUT2D eigenvalue weighted by Crippen LogP contribution is -2.32. The number of amides is 1. The number of carbonyl (C=O) groups excluding carboxylic acids is 1. The van der Waals surface area contributed by atoms with Gasteiger partial charge < -0.3 is 24.2 Å². The molecule has 0 aliphatic carbocycles. The van der Waals surface area contributed by atoms with Gasteiger partial charge in [0.1, 0.15) is 17.1 Å². The van der Waals surface area contributed by atoms with E-state index >= 15 is 0 Å². The number of phenolic OH excluding ortho intramolecular Hbond substituents is 1. The molecule has 4 rings (SSSR count). The molecule has 2 aromatic carbocycles. The number of hydrogen-bond donors (Lipinski definition) is 2. The first kappa shape index (κ1) is 24.6. The molecule has 0 spiro atoms. The number of aromatic amines is 1. The second-order valence-electron chi connectivity index (χ2n) is 8.94. The van der Waals surface area contributed by atoms with Gasteiger partial charge in [-0.1, -0.05) is 32.0 Å². The Kier molecular flexibility index (Phi) is 7.60. The summed E-state index contributed by atoms with van der Waals surface area (Å²) in [4.78, 5) is 15.1. The van der Waals surface area contributed by atoms with Gasteiger partial charge in [-0.25, -0.2) is 0 Å². The summed E-state index contributed by atoms with van der Waals surface area (Å²) in [5.41, 5.74) is 3.12. The first-order chi connectivity index (χ1) is 17.0. The molecule has 0 saturated carbocycles. The average Bonchev–Trinajstić information content (AvgIpc) is 3.37. The highest BCUT2D eigenvalue weighted by Gasteiger charge is 2.42. The minimum absolute atomic E-state index is 0.104. The number of nitrogens with zero attached hydrogens (tertiary/aromatic N) is 2. The Hall–Kier alpha value is -3.52. The monoisotopic (exact) mass is 479 g/mol. The molecule has 1 atom stereocenters. The summed E-state index contributed by atoms with van der Waals surface area (Å²) in [6.07, 6.45) is 0.942. The minimum atomic E-state index is -0.426. The molecule has 1 aliphatic rings. The van der Waals surface area contributed by atoms with Crippen LogP contribution in [0.3, 0.4) is 0 Å². The van der Waals surface area contributed by atoms with E-state index in [9.17, 15) is 9.90 Å². The topological polar surface area (TPSA) is 96.9 Å². The van der Waals surface area contributed by atoms with Gasteiger partial charge in [0.15, 0.2) is 11.5 Å². The highest BCUT2D eigenvalue weighted by molar-refractivity contribution is 6.00. The van der Waals surface area contributed by atoms with Crippen molar-refractivity contribution in [3.05, 3.63) is 59.3 Å². The molecule has 1 aromatic heterocycles. The number of fused-ring (bicyclic) bond motifs is 1. The second kappa shape index (κ2) is 10.8.